The molecule has 0 spiro atoms. The lowest BCUT2D eigenvalue weighted by Gasteiger charge is -2.20. The monoisotopic (exact) mass is 274 g/mol. The summed E-state index contributed by atoms with van der Waals surface area (Å²) in [5.74, 6) is 2.30. The van der Waals surface area contributed by atoms with E-state index in [0.717, 1.165) is 34.7 Å². The highest BCUT2D eigenvalue weighted by molar-refractivity contribution is 5.75. The van der Waals surface area contributed by atoms with Crippen LogP contribution in [0.15, 0.2) is 22.7 Å². The Kier molecular flexibility index (Phi) is 3.26. The Morgan fingerprint density at radius 3 is 2.85 bits per heavy atom. The zero-order chi connectivity index (χ0) is 14.1. The number of hydrogen-bond acceptors (Lipinski definition) is 5. The molecule has 0 saturated heterocycles. The molecule has 0 atom stereocenters. The summed E-state index contributed by atoms with van der Waals surface area (Å²) in [6.07, 6.45) is 0.815. The minimum atomic E-state index is 0.378. The van der Waals surface area contributed by atoms with Crippen LogP contribution in [-0.4, -0.2) is 18.4 Å². The van der Waals surface area contributed by atoms with Gasteiger partial charge in [-0.05, 0) is 24.5 Å². The number of fused-ring (bicyclic) bond motifs is 1. The molecule has 0 aliphatic carbocycles. The van der Waals surface area contributed by atoms with Crippen LogP contribution in [0.25, 0.3) is 11.3 Å². The lowest BCUT2D eigenvalue weighted by molar-refractivity contribution is 0.172. The number of nitrogens with zero attached hydrogens (tertiary/aromatic N) is 1. The van der Waals surface area contributed by atoms with Crippen molar-refractivity contribution in [3.63, 3.8) is 0 Å². The Bertz CT molecular complexity index is 620. The molecule has 0 saturated carbocycles. The summed E-state index contributed by atoms with van der Waals surface area (Å²) in [6.45, 7) is 5.37. The van der Waals surface area contributed by atoms with Gasteiger partial charge in [-0.3, -0.25) is 0 Å². The topological polar surface area (TPSA) is 70.5 Å². The van der Waals surface area contributed by atoms with Gasteiger partial charge >= 0.3 is 0 Å². The molecule has 2 aromatic rings. The van der Waals surface area contributed by atoms with Crippen LogP contribution in [0, 0.1) is 5.92 Å². The maximum Gasteiger partial charge on any atom is 0.225 e. The molecule has 5 nitrogen and oxygen atoms in total. The molecule has 1 aliphatic heterocycles. The third kappa shape index (κ3) is 2.19. The summed E-state index contributed by atoms with van der Waals surface area (Å²) in [7, 11) is 0. The summed E-state index contributed by atoms with van der Waals surface area (Å²) in [5, 5.41) is 4.11. The highest BCUT2D eigenvalue weighted by atomic mass is 16.6. The van der Waals surface area contributed by atoms with Crippen LogP contribution in [0.1, 0.15) is 19.4 Å². The van der Waals surface area contributed by atoms with Crippen molar-refractivity contribution in [2.75, 3.05) is 18.9 Å². The number of ether oxygens (including phenoxy) is 2. The van der Waals surface area contributed by atoms with Gasteiger partial charge in [0.2, 0.25) is 5.88 Å². The molecule has 0 bridgehead atoms. The third-order valence-electron chi connectivity index (χ3n) is 3.25. The minimum Gasteiger partial charge on any atom is -0.486 e. The van der Waals surface area contributed by atoms with Gasteiger partial charge in [0.1, 0.15) is 18.9 Å². The van der Waals surface area contributed by atoms with E-state index in [9.17, 15) is 0 Å². The lowest BCUT2D eigenvalue weighted by atomic mass is 9.98. The fourth-order valence-corrected chi connectivity index (χ4v) is 2.40. The van der Waals surface area contributed by atoms with E-state index in [0.29, 0.717) is 25.0 Å². The van der Waals surface area contributed by atoms with Gasteiger partial charge < -0.3 is 19.7 Å². The maximum absolute atomic E-state index is 5.90. The van der Waals surface area contributed by atoms with Crippen molar-refractivity contribution >= 4 is 5.88 Å². The van der Waals surface area contributed by atoms with E-state index < -0.39 is 0 Å². The van der Waals surface area contributed by atoms with Crippen LogP contribution in [0.5, 0.6) is 11.5 Å². The molecule has 2 N–H and O–H groups in total. The SMILES string of the molecule is CC(C)Cc1c(-c2cccc3c2OCCO3)noc1N. The van der Waals surface area contributed by atoms with E-state index in [1.807, 2.05) is 18.2 Å². The fourth-order valence-electron chi connectivity index (χ4n) is 2.40. The highest BCUT2D eigenvalue weighted by Gasteiger charge is 2.23. The van der Waals surface area contributed by atoms with Crippen molar-refractivity contribution in [3.8, 4) is 22.8 Å². The first kappa shape index (κ1) is 12.8. The number of rotatable bonds is 3. The first-order valence-electron chi connectivity index (χ1n) is 6.80. The number of hydrogen-bond donors (Lipinski definition) is 1. The average molecular weight is 274 g/mol. The van der Waals surface area contributed by atoms with Gasteiger partial charge in [0.15, 0.2) is 11.5 Å². The normalized spacial score (nSPS) is 13.8. The molecule has 0 unspecified atom stereocenters. The van der Waals surface area contributed by atoms with Gasteiger partial charge in [-0.15, -0.1) is 0 Å². The Morgan fingerprint density at radius 1 is 1.25 bits per heavy atom. The molecule has 5 heteroatoms. The maximum atomic E-state index is 5.90. The second-order valence-corrected chi connectivity index (χ2v) is 5.30. The minimum absolute atomic E-state index is 0.378. The Balaban J connectivity index is 2.10. The second-order valence-electron chi connectivity index (χ2n) is 5.30. The van der Waals surface area contributed by atoms with E-state index in [4.69, 9.17) is 19.7 Å². The summed E-state index contributed by atoms with van der Waals surface area (Å²) in [6, 6.07) is 5.77. The number of para-hydroxylation sites is 1. The summed E-state index contributed by atoms with van der Waals surface area (Å²) >= 11 is 0. The zero-order valence-corrected chi connectivity index (χ0v) is 11.7. The summed E-state index contributed by atoms with van der Waals surface area (Å²) < 4.78 is 16.5. The van der Waals surface area contributed by atoms with Crippen molar-refractivity contribution in [1.29, 1.82) is 0 Å². The molecule has 106 valence electrons. The standard InChI is InChI=1S/C15H18N2O3/c1-9(2)8-11-13(17-20-15(11)16)10-4-3-5-12-14(10)19-7-6-18-12/h3-5,9H,6-8,16H2,1-2H3. The van der Waals surface area contributed by atoms with Crippen molar-refractivity contribution in [2.24, 2.45) is 5.92 Å². The van der Waals surface area contributed by atoms with Crippen LogP contribution in [0.4, 0.5) is 5.88 Å². The number of aromatic nitrogens is 1. The molecule has 1 aromatic carbocycles. The molecule has 1 aromatic heterocycles. The van der Waals surface area contributed by atoms with E-state index >= 15 is 0 Å². The summed E-state index contributed by atoms with van der Waals surface area (Å²) in [4.78, 5) is 0. The van der Waals surface area contributed by atoms with E-state index in [1.165, 1.54) is 0 Å². The Morgan fingerprint density at radius 2 is 2.05 bits per heavy atom. The number of benzene rings is 1. The molecule has 2 heterocycles. The Labute approximate surface area is 117 Å². The molecule has 0 amide bonds. The lowest BCUT2D eigenvalue weighted by Crippen LogP contribution is -2.16. The predicted molar refractivity (Wildman–Crippen MR) is 75.9 cm³/mol. The third-order valence-corrected chi connectivity index (χ3v) is 3.25. The molecule has 1 aliphatic rings. The van der Waals surface area contributed by atoms with Gasteiger partial charge in [0.25, 0.3) is 0 Å². The summed E-state index contributed by atoms with van der Waals surface area (Å²) in [5.41, 5.74) is 8.46. The van der Waals surface area contributed by atoms with Gasteiger partial charge in [-0.1, -0.05) is 25.1 Å². The van der Waals surface area contributed by atoms with Crippen LogP contribution in [-0.2, 0) is 6.42 Å². The van der Waals surface area contributed by atoms with Crippen LogP contribution in [0.3, 0.4) is 0 Å². The fraction of sp³-hybridized carbons (Fsp3) is 0.400. The molecule has 20 heavy (non-hydrogen) atoms. The zero-order valence-electron chi connectivity index (χ0n) is 11.7. The van der Waals surface area contributed by atoms with Crippen LogP contribution in [0.2, 0.25) is 0 Å². The first-order valence-corrected chi connectivity index (χ1v) is 6.80. The number of anilines is 1. The van der Waals surface area contributed by atoms with Crippen molar-refractivity contribution in [1.82, 2.24) is 5.16 Å². The smallest absolute Gasteiger partial charge is 0.225 e. The Hall–Kier alpha value is -2.17. The quantitative estimate of drug-likeness (QED) is 0.931. The van der Waals surface area contributed by atoms with Crippen molar-refractivity contribution < 1.29 is 14.0 Å². The van der Waals surface area contributed by atoms with Crippen molar-refractivity contribution in [3.05, 3.63) is 23.8 Å². The van der Waals surface area contributed by atoms with Gasteiger partial charge in [-0.2, -0.15) is 0 Å². The van der Waals surface area contributed by atoms with Crippen LogP contribution < -0.4 is 15.2 Å². The molecule has 0 radical (unpaired) electrons. The molecular formula is C15H18N2O3. The molecule has 3 rings (SSSR count). The first-order chi connectivity index (χ1) is 9.66. The molecular weight excluding hydrogens is 256 g/mol. The largest absolute Gasteiger partial charge is 0.486 e. The highest BCUT2D eigenvalue weighted by Crippen LogP contribution is 2.41. The van der Waals surface area contributed by atoms with Gasteiger partial charge in [0.05, 0.1) is 5.56 Å². The van der Waals surface area contributed by atoms with E-state index in [1.54, 1.807) is 0 Å². The second kappa shape index (κ2) is 5.07. The number of nitrogens with two attached hydrogens (primary N) is 1. The van der Waals surface area contributed by atoms with Crippen molar-refractivity contribution in [2.45, 2.75) is 20.3 Å². The average Bonchev–Trinajstić information content (AvgIpc) is 2.79. The molecule has 0 fully saturated rings. The van der Waals surface area contributed by atoms with Crippen LogP contribution >= 0.6 is 0 Å². The van der Waals surface area contributed by atoms with E-state index in [2.05, 4.69) is 19.0 Å². The number of nitrogen functional groups attached to an aromatic ring is 1. The predicted octanol–water partition coefficient (Wildman–Crippen LogP) is 2.89. The van der Waals surface area contributed by atoms with Gasteiger partial charge in [-0.25, -0.2) is 0 Å². The van der Waals surface area contributed by atoms with Gasteiger partial charge in [0, 0.05) is 5.56 Å². The van der Waals surface area contributed by atoms with E-state index in [-0.39, 0.29) is 0 Å².